The average Bonchev–Trinajstić information content (AvgIpc) is 2.77. The van der Waals surface area contributed by atoms with Gasteiger partial charge in [-0.3, -0.25) is 0 Å². The van der Waals surface area contributed by atoms with E-state index in [-0.39, 0.29) is 5.95 Å². The Balaban J connectivity index is 2.20. The van der Waals surface area contributed by atoms with Crippen molar-refractivity contribution in [3.63, 3.8) is 0 Å². The molecule has 0 radical (unpaired) electrons. The van der Waals surface area contributed by atoms with Gasteiger partial charge in [0.25, 0.3) is 0 Å². The van der Waals surface area contributed by atoms with Crippen LogP contribution in [0.4, 0.5) is 5.95 Å². The van der Waals surface area contributed by atoms with Crippen LogP contribution in [-0.2, 0) is 13.1 Å². The molecule has 0 aliphatic rings. The molecular formula is C8H12BrN7. The first-order chi connectivity index (χ1) is 7.70. The second-order valence-electron chi connectivity index (χ2n) is 3.30. The quantitative estimate of drug-likeness (QED) is 0.892. The van der Waals surface area contributed by atoms with Crippen LogP contribution in [-0.4, -0.2) is 29.5 Å². The molecule has 0 fully saturated rings. The van der Waals surface area contributed by atoms with Crippen LogP contribution in [0.3, 0.4) is 0 Å². The van der Waals surface area contributed by atoms with Crippen LogP contribution in [0.15, 0.2) is 11.1 Å². The lowest BCUT2D eigenvalue weighted by Crippen LogP contribution is -2.11. The molecule has 16 heavy (non-hydrogen) atoms. The van der Waals surface area contributed by atoms with Crippen molar-refractivity contribution in [1.82, 2.24) is 29.5 Å². The molecule has 8 heteroatoms. The smallest absolute Gasteiger partial charge is 0.240 e. The van der Waals surface area contributed by atoms with Gasteiger partial charge in [0.15, 0.2) is 4.73 Å². The van der Waals surface area contributed by atoms with Crippen molar-refractivity contribution in [3.05, 3.63) is 16.9 Å². The van der Waals surface area contributed by atoms with Crippen LogP contribution < -0.4 is 5.73 Å². The Bertz CT molecular complexity index is 474. The van der Waals surface area contributed by atoms with Gasteiger partial charge in [-0.1, -0.05) is 6.92 Å². The highest BCUT2D eigenvalue weighted by molar-refractivity contribution is 9.10. The van der Waals surface area contributed by atoms with E-state index in [0.29, 0.717) is 11.3 Å². The Labute approximate surface area is 101 Å². The number of nitrogen functional groups attached to an aromatic ring is 1. The maximum Gasteiger partial charge on any atom is 0.240 e. The summed E-state index contributed by atoms with van der Waals surface area (Å²) >= 11 is 3.28. The summed E-state index contributed by atoms with van der Waals surface area (Å²) in [7, 11) is 0. The molecule has 7 nitrogen and oxygen atoms in total. The molecule has 0 unspecified atom stereocenters. The molecule has 0 aromatic carbocycles. The molecule has 0 spiro atoms. The summed E-state index contributed by atoms with van der Waals surface area (Å²) < 4.78 is 4.09. The van der Waals surface area contributed by atoms with E-state index in [2.05, 4.69) is 43.0 Å². The predicted octanol–water partition coefficient (Wildman–Crippen LogP) is 0.673. The highest BCUT2D eigenvalue weighted by Gasteiger charge is 2.09. The molecule has 0 aliphatic heterocycles. The Hall–Kier alpha value is -1.44. The van der Waals surface area contributed by atoms with Crippen molar-refractivity contribution in [2.75, 3.05) is 5.73 Å². The molecule has 2 N–H and O–H groups in total. The Kier molecular flexibility index (Phi) is 3.18. The fourth-order valence-electron chi connectivity index (χ4n) is 1.38. The molecule has 0 amide bonds. The first-order valence-electron chi connectivity index (χ1n) is 4.93. The molecule has 2 heterocycles. The summed E-state index contributed by atoms with van der Waals surface area (Å²) in [6.07, 6.45) is 2.55. The number of anilines is 1. The maximum atomic E-state index is 5.49. The van der Waals surface area contributed by atoms with Crippen LogP contribution in [0.25, 0.3) is 0 Å². The number of nitrogens with zero attached hydrogens (tertiary/aromatic N) is 6. The second kappa shape index (κ2) is 4.60. The lowest BCUT2D eigenvalue weighted by molar-refractivity contribution is 0.535. The summed E-state index contributed by atoms with van der Waals surface area (Å²) in [5, 5.41) is 8.18. The van der Waals surface area contributed by atoms with Crippen LogP contribution in [0.1, 0.15) is 19.2 Å². The third kappa shape index (κ3) is 2.21. The van der Waals surface area contributed by atoms with Crippen LogP contribution in [0, 0.1) is 0 Å². The van der Waals surface area contributed by atoms with Crippen molar-refractivity contribution in [2.24, 2.45) is 0 Å². The van der Waals surface area contributed by atoms with Crippen molar-refractivity contribution < 1.29 is 0 Å². The van der Waals surface area contributed by atoms with E-state index in [1.807, 2.05) is 4.68 Å². The van der Waals surface area contributed by atoms with Crippen molar-refractivity contribution >= 4 is 21.9 Å². The molecule has 0 atom stereocenters. The highest BCUT2D eigenvalue weighted by Crippen LogP contribution is 2.10. The summed E-state index contributed by atoms with van der Waals surface area (Å²) in [5.41, 5.74) is 5.49. The van der Waals surface area contributed by atoms with Gasteiger partial charge in [-0.15, -0.1) is 5.10 Å². The van der Waals surface area contributed by atoms with Gasteiger partial charge in [0.05, 0.1) is 0 Å². The van der Waals surface area contributed by atoms with Gasteiger partial charge in [0, 0.05) is 6.54 Å². The molecule has 0 saturated heterocycles. The molecule has 2 aromatic rings. The van der Waals surface area contributed by atoms with E-state index in [0.717, 1.165) is 18.8 Å². The van der Waals surface area contributed by atoms with E-state index in [1.165, 1.54) is 0 Å². The third-order valence-corrected chi connectivity index (χ3v) is 2.65. The number of hydrogen-bond acceptors (Lipinski definition) is 5. The van der Waals surface area contributed by atoms with Crippen LogP contribution >= 0.6 is 15.9 Å². The van der Waals surface area contributed by atoms with Crippen LogP contribution in [0.2, 0.25) is 0 Å². The van der Waals surface area contributed by atoms with Gasteiger partial charge in [-0.05, 0) is 22.4 Å². The largest absolute Gasteiger partial charge is 0.366 e. The van der Waals surface area contributed by atoms with Gasteiger partial charge < -0.3 is 5.73 Å². The molecule has 86 valence electrons. The van der Waals surface area contributed by atoms with E-state index in [4.69, 9.17) is 5.73 Å². The topological polar surface area (TPSA) is 87.4 Å². The van der Waals surface area contributed by atoms with E-state index in [1.54, 1.807) is 11.0 Å². The number of halogens is 1. The Morgan fingerprint density at radius 2 is 2.25 bits per heavy atom. The minimum absolute atomic E-state index is 0.244. The zero-order valence-corrected chi connectivity index (χ0v) is 10.4. The van der Waals surface area contributed by atoms with Gasteiger partial charge >= 0.3 is 0 Å². The average molecular weight is 286 g/mol. The fourth-order valence-corrected chi connectivity index (χ4v) is 1.77. The van der Waals surface area contributed by atoms with E-state index >= 15 is 0 Å². The summed E-state index contributed by atoms with van der Waals surface area (Å²) in [4.78, 5) is 8.14. The van der Waals surface area contributed by atoms with Crippen LogP contribution in [0.5, 0.6) is 0 Å². The fraction of sp³-hybridized carbons (Fsp3) is 0.500. The lowest BCUT2D eigenvalue weighted by Gasteiger charge is -2.04. The van der Waals surface area contributed by atoms with Crippen molar-refractivity contribution in [3.8, 4) is 0 Å². The highest BCUT2D eigenvalue weighted by atomic mass is 79.9. The van der Waals surface area contributed by atoms with Gasteiger partial charge in [0.2, 0.25) is 5.95 Å². The van der Waals surface area contributed by atoms with Crippen molar-refractivity contribution in [2.45, 2.75) is 26.4 Å². The minimum Gasteiger partial charge on any atom is -0.366 e. The van der Waals surface area contributed by atoms with Gasteiger partial charge in [-0.2, -0.15) is 10.1 Å². The molecule has 0 saturated carbocycles. The van der Waals surface area contributed by atoms with E-state index < -0.39 is 0 Å². The minimum atomic E-state index is 0.244. The standard InChI is InChI=1S/C8H12BrN7/c1-2-3-15-6(11-5-12-15)4-16-7(9)13-8(10)14-16/h5H,2-4H2,1H3,(H2,10,14). The second-order valence-corrected chi connectivity index (χ2v) is 4.01. The molecule has 0 aliphatic carbocycles. The molecular weight excluding hydrogens is 274 g/mol. The van der Waals surface area contributed by atoms with Gasteiger partial charge in [0.1, 0.15) is 18.7 Å². The summed E-state index contributed by atoms with van der Waals surface area (Å²) in [6, 6.07) is 0. The first-order valence-corrected chi connectivity index (χ1v) is 5.72. The maximum absolute atomic E-state index is 5.49. The third-order valence-electron chi connectivity index (χ3n) is 2.07. The normalized spacial score (nSPS) is 10.9. The number of hydrogen-bond donors (Lipinski definition) is 1. The monoisotopic (exact) mass is 285 g/mol. The summed E-state index contributed by atoms with van der Waals surface area (Å²) in [6.45, 7) is 3.44. The van der Waals surface area contributed by atoms with Gasteiger partial charge in [-0.25, -0.2) is 14.3 Å². The lowest BCUT2D eigenvalue weighted by atomic mass is 10.5. The SMILES string of the molecule is CCCn1ncnc1Cn1nc(N)nc1Br. The molecule has 0 bridgehead atoms. The number of aromatic nitrogens is 6. The first kappa shape index (κ1) is 11.1. The predicted molar refractivity (Wildman–Crippen MR) is 61.5 cm³/mol. The number of nitrogens with two attached hydrogens (primary N) is 1. The zero-order chi connectivity index (χ0) is 11.5. The summed E-state index contributed by atoms with van der Waals surface area (Å²) in [5.74, 6) is 1.08. The van der Waals surface area contributed by atoms with E-state index in [9.17, 15) is 0 Å². The Morgan fingerprint density at radius 1 is 1.44 bits per heavy atom. The molecule has 2 aromatic heterocycles. The molecule has 2 rings (SSSR count). The zero-order valence-electron chi connectivity index (χ0n) is 8.84. The van der Waals surface area contributed by atoms with Crippen molar-refractivity contribution in [1.29, 1.82) is 0 Å². The Morgan fingerprint density at radius 3 is 2.88 bits per heavy atom. The number of aryl methyl sites for hydroxylation is 1. The number of rotatable bonds is 4.